The van der Waals surface area contributed by atoms with Crippen molar-refractivity contribution < 1.29 is 43.1 Å². The Labute approximate surface area is 83.8 Å². The van der Waals surface area contributed by atoms with Crippen molar-refractivity contribution in [1.82, 2.24) is 5.32 Å². The molecule has 15 heavy (non-hydrogen) atoms. The van der Waals surface area contributed by atoms with Crippen molar-refractivity contribution in [2.24, 2.45) is 0 Å². The Bertz CT molecular complexity index is 324. The van der Waals surface area contributed by atoms with Gasteiger partial charge in [0.05, 0.1) is 6.29 Å². The van der Waals surface area contributed by atoms with Crippen LogP contribution >= 0.6 is 22.8 Å². The Kier molecular flexibility index (Phi) is 4.86. The topological polar surface area (TPSA) is 185 Å². The predicted molar refractivity (Wildman–Crippen MR) is 47.9 cm³/mol. The van der Waals surface area contributed by atoms with Gasteiger partial charge in [-0.15, -0.1) is 0 Å². The van der Waals surface area contributed by atoms with Crippen molar-refractivity contribution in [3.8, 4) is 0 Å². The van der Waals surface area contributed by atoms with E-state index >= 15 is 0 Å². The molecule has 92 valence electrons. The van der Waals surface area contributed by atoms with Gasteiger partial charge in [-0.2, -0.15) is 0 Å². The van der Waals surface area contributed by atoms with Gasteiger partial charge in [0.25, 0.3) is 0 Å². The Morgan fingerprint density at radius 2 is 1.20 bits per heavy atom. The molecular formula is C2H10NO9P3. The fourth-order valence-corrected chi connectivity index (χ4v) is 3.57. The van der Waals surface area contributed by atoms with Crippen molar-refractivity contribution in [3.63, 3.8) is 0 Å². The summed E-state index contributed by atoms with van der Waals surface area (Å²) in [6, 6.07) is 0. The molecule has 0 saturated carbocycles. The summed E-state index contributed by atoms with van der Waals surface area (Å²) in [4.78, 5) is 50.7. The first-order valence-corrected chi connectivity index (χ1v) is 8.38. The maximum absolute atomic E-state index is 10.6. The molecule has 0 unspecified atom stereocenters. The van der Waals surface area contributed by atoms with Gasteiger partial charge in [0, 0.05) is 0 Å². The van der Waals surface area contributed by atoms with Gasteiger partial charge in [-0.1, -0.05) is 0 Å². The van der Waals surface area contributed by atoms with Gasteiger partial charge in [-0.25, -0.2) is 0 Å². The fourth-order valence-electron chi connectivity index (χ4n) is 0.634. The van der Waals surface area contributed by atoms with Crippen LogP contribution in [0.15, 0.2) is 0 Å². The van der Waals surface area contributed by atoms with Gasteiger partial charge in [-0.05, 0) is 0 Å². The highest BCUT2D eigenvalue weighted by Crippen LogP contribution is 2.58. The van der Waals surface area contributed by atoms with Crippen LogP contribution in [0.2, 0.25) is 0 Å². The zero-order valence-corrected chi connectivity index (χ0v) is 9.72. The minimum absolute atomic E-state index is 1.24. The normalized spacial score (nSPS) is 14.6. The van der Waals surface area contributed by atoms with Crippen molar-refractivity contribution >= 4 is 22.8 Å². The van der Waals surface area contributed by atoms with Crippen LogP contribution in [0, 0.1) is 0 Å². The maximum Gasteiger partial charge on any atom is 0.354 e. The summed E-state index contributed by atoms with van der Waals surface area (Å²) in [5, 5.41) is 1.45. The first-order chi connectivity index (χ1) is 6.34. The quantitative estimate of drug-likeness (QED) is 0.288. The summed E-state index contributed by atoms with van der Waals surface area (Å²) in [6.07, 6.45) is -1.24. The second-order valence-electron chi connectivity index (χ2n) is 2.58. The Morgan fingerprint density at radius 1 is 0.867 bits per heavy atom. The standard InChI is InChI=1S/C2H10NO9P3/c4-13(5,6)1-3-2(14(7,8)9)15(10,11)12/h2-3H,1H2,(H2,4,5,6)(H2,7,8,9)(H2,10,11,12). The highest BCUT2D eigenvalue weighted by Gasteiger charge is 2.43. The smallest absolute Gasteiger partial charge is 0.324 e. The molecule has 13 heteroatoms. The zero-order chi connectivity index (χ0) is 12.5. The molecule has 0 saturated heterocycles. The predicted octanol–water partition coefficient (Wildman–Crippen LogP) is -1.65. The van der Waals surface area contributed by atoms with Crippen molar-refractivity contribution in [3.05, 3.63) is 0 Å². The zero-order valence-electron chi connectivity index (χ0n) is 7.03. The molecule has 0 aliphatic rings. The summed E-state index contributed by atoms with van der Waals surface area (Å²) in [5.74, 6) is 0. The van der Waals surface area contributed by atoms with E-state index in [0.29, 0.717) is 0 Å². The second-order valence-corrected chi connectivity index (χ2v) is 8.02. The molecule has 0 atom stereocenters. The lowest BCUT2D eigenvalue weighted by Crippen LogP contribution is -2.29. The average molecular weight is 285 g/mol. The summed E-state index contributed by atoms with van der Waals surface area (Å²) in [5.41, 5.74) is -2.61. The minimum Gasteiger partial charge on any atom is -0.324 e. The molecule has 7 N–H and O–H groups in total. The van der Waals surface area contributed by atoms with Crippen molar-refractivity contribution in [1.29, 1.82) is 0 Å². The Hall–Kier alpha value is 0.410. The Morgan fingerprint density at radius 3 is 1.40 bits per heavy atom. The van der Waals surface area contributed by atoms with E-state index in [2.05, 4.69) is 0 Å². The molecule has 0 aromatic heterocycles. The molecule has 0 aromatic rings. The third-order valence-electron chi connectivity index (χ3n) is 1.12. The van der Waals surface area contributed by atoms with Crippen LogP contribution < -0.4 is 5.32 Å². The largest absolute Gasteiger partial charge is 0.354 e. The summed E-state index contributed by atoms with van der Waals surface area (Å²) < 4.78 is 31.5. The van der Waals surface area contributed by atoms with Gasteiger partial charge in [0.1, 0.15) is 0 Å². The van der Waals surface area contributed by atoms with Gasteiger partial charge in [0.2, 0.25) is 5.52 Å². The first-order valence-electron chi connectivity index (χ1n) is 3.22. The SMILES string of the molecule is O=P(O)(O)CNC(P(=O)(O)O)P(=O)(O)O. The van der Waals surface area contributed by atoms with Gasteiger partial charge < -0.3 is 29.4 Å². The van der Waals surface area contributed by atoms with Crippen molar-refractivity contribution in [2.75, 3.05) is 6.29 Å². The summed E-state index contributed by atoms with van der Waals surface area (Å²) >= 11 is 0. The molecule has 0 heterocycles. The molecule has 0 amide bonds. The van der Waals surface area contributed by atoms with E-state index < -0.39 is 34.6 Å². The average Bonchev–Trinajstić information content (AvgIpc) is 1.75. The number of rotatable bonds is 5. The van der Waals surface area contributed by atoms with E-state index in [1.165, 1.54) is 5.32 Å². The lowest BCUT2D eigenvalue weighted by atomic mass is 11.2. The number of hydrogen-bond donors (Lipinski definition) is 7. The molecule has 0 aliphatic heterocycles. The lowest BCUT2D eigenvalue weighted by Gasteiger charge is -2.20. The maximum atomic E-state index is 10.6. The van der Waals surface area contributed by atoms with Crippen LogP contribution in [-0.4, -0.2) is 41.2 Å². The van der Waals surface area contributed by atoms with E-state index in [1.54, 1.807) is 0 Å². The highest BCUT2D eigenvalue weighted by atomic mass is 31.2. The van der Waals surface area contributed by atoms with Crippen molar-refractivity contribution in [2.45, 2.75) is 5.52 Å². The molecule has 0 aromatic carbocycles. The highest BCUT2D eigenvalue weighted by molar-refractivity contribution is 7.70. The van der Waals surface area contributed by atoms with Gasteiger partial charge in [0.15, 0.2) is 0 Å². The Balaban J connectivity index is 4.80. The first kappa shape index (κ1) is 15.4. The minimum atomic E-state index is -5.20. The molecular weight excluding hydrogens is 275 g/mol. The molecule has 0 rings (SSSR count). The van der Waals surface area contributed by atoms with Crippen LogP contribution in [0.25, 0.3) is 0 Å². The van der Waals surface area contributed by atoms with Crippen LogP contribution in [0.4, 0.5) is 0 Å². The monoisotopic (exact) mass is 285 g/mol. The molecule has 0 fully saturated rings. The second kappa shape index (κ2) is 4.73. The number of nitrogens with one attached hydrogen (secondary N) is 1. The van der Waals surface area contributed by atoms with Crippen LogP contribution in [0.1, 0.15) is 0 Å². The van der Waals surface area contributed by atoms with Gasteiger partial charge >= 0.3 is 22.8 Å². The third kappa shape index (κ3) is 6.55. The molecule has 0 spiro atoms. The summed E-state index contributed by atoms with van der Waals surface area (Å²) in [7, 11) is -15.1. The number of hydrogen-bond acceptors (Lipinski definition) is 4. The summed E-state index contributed by atoms with van der Waals surface area (Å²) in [6.45, 7) is 0. The van der Waals surface area contributed by atoms with Crippen LogP contribution in [0.5, 0.6) is 0 Å². The molecule has 0 bridgehead atoms. The van der Waals surface area contributed by atoms with E-state index in [4.69, 9.17) is 29.4 Å². The lowest BCUT2D eigenvalue weighted by molar-refractivity contribution is 0.327. The van der Waals surface area contributed by atoms with E-state index in [0.717, 1.165) is 0 Å². The van der Waals surface area contributed by atoms with E-state index in [-0.39, 0.29) is 0 Å². The van der Waals surface area contributed by atoms with E-state index in [1.807, 2.05) is 0 Å². The van der Waals surface area contributed by atoms with Crippen LogP contribution in [0.3, 0.4) is 0 Å². The van der Waals surface area contributed by atoms with Gasteiger partial charge in [-0.3, -0.25) is 19.0 Å². The van der Waals surface area contributed by atoms with Crippen LogP contribution in [-0.2, 0) is 13.7 Å². The molecule has 0 radical (unpaired) electrons. The third-order valence-corrected chi connectivity index (χ3v) is 5.16. The molecule has 10 nitrogen and oxygen atoms in total. The molecule has 0 aliphatic carbocycles. The fraction of sp³-hybridized carbons (Fsp3) is 1.00. The van der Waals surface area contributed by atoms with E-state index in [9.17, 15) is 13.7 Å².